The highest BCUT2D eigenvalue weighted by molar-refractivity contribution is 7.80. The average molecular weight is 186 g/mol. The molecular weight excluding hydrogens is 168 g/mol. The SMILES string of the molecule is CC(C)[C@H]1CC[C@H](C)CC(=S)O1. The van der Waals surface area contributed by atoms with E-state index in [1.54, 1.807) is 0 Å². The molecule has 1 aliphatic rings. The van der Waals surface area contributed by atoms with Crippen molar-refractivity contribution in [1.82, 2.24) is 0 Å². The highest BCUT2D eigenvalue weighted by Gasteiger charge is 2.22. The van der Waals surface area contributed by atoms with Crippen molar-refractivity contribution in [3.63, 3.8) is 0 Å². The third-order valence-electron chi connectivity index (χ3n) is 2.49. The number of hydrogen-bond donors (Lipinski definition) is 0. The van der Waals surface area contributed by atoms with Crippen LogP contribution in [0.25, 0.3) is 0 Å². The summed E-state index contributed by atoms with van der Waals surface area (Å²) >= 11 is 5.14. The molecule has 0 unspecified atom stereocenters. The molecule has 0 bridgehead atoms. The molecule has 1 aliphatic heterocycles. The van der Waals surface area contributed by atoms with Crippen LogP contribution in [-0.4, -0.2) is 11.2 Å². The van der Waals surface area contributed by atoms with Crippen LogP contribution in [0.1, 0.15) is 40.0 Å². The van der Waals surface area contributed by atoms with Gasteiger partial charge >= 0.3 is 0 Å². The van der Waals surface area contributed by atoms with Gasteiger partial charge in [0.15, 0.2) is 5.05 Å². The van der Waals surface area contributed by atoms with Gasteiger partial charge < -0.3 is 4.74 Å². The fourth-order valence-electron chi connectivity index (χ4n) is 1.58. The van der Waals surface area contributed by atoms with Gasteiger partial charge in [-0.05, 0) is 36.9 Å². The Kier molecular flexibility index (Phi) is 3.51. The Hall–Kier alpha value is -0.110. The third-order valence-corrected chi connectivity index (χ3v) is 2.75. The van der Waals surface area contributed by atoms with Gasteiger partial charge in [0.25, 0.3) is 0 Å². The maximum atomic E-state index is 5.67. The summed E-state index contributed by atoms with van der Waals surface area (Å²) in [4.78, 5) is 0. The molecule has 0 aliphatic carbocycles. The zero-order chi connectivity index (χ0) is 9.14. The molecule has 1 heterocycles. The van der Waals surface area contributed by atoms with Gasteiger partial charge in [-0.15, -0.1) is 0 Å². The Balaban J connectivity index is 2.52. The lowest BCUT2D eigenvalue weighted by Crippen LogP contribution is -2.20. The number of rotatable bonds is 1. The lowest BCUT2D eigenvalue weighted by molar-refractivity contribution is 0.136. The monoisotopic (exact) mass is 186 g/mol. The van der Waals surface area contributed by atoms with Crippen molar-refractivity contribution in [3.8, 4) is 0 Å². The van der Waals surface area contributed by atoms with E-state index >= 15 is 0 Å². The van der Waals surface area contributed by atoms with Gasteiger partial charge in [0, 0.05) is 6.42 Å². The predicted octanol–water partition coefficient (Wildman–Crippen LogP) is 3.18. The zero-order valence-electron chi connectivity index (χ0n) is 8.17. The van der Waals surface area contributed by atoms with E-state index in [1.807, 2.05) is 0 Å². The van der Waals surface area contributed by atoms with Crippen molar-refractivity contribution in [3.05, 3.63) is 0 Å². The zero-order valence-corrected chi connectivity index (χ0v) is 8.99. The molecule has 1 saturated heterocycles. The van der Waals surface area contributed by atoms with E-state index < -0.39 is 0 Å². The van der Waals surface area contributed by atoms with Gasteiger partial charge in [-0.25, -0.2) is 0 Å². The minimum atomic E-state index is 0.363. The summed E-state index contributed by atoms with van der Waals surface area (Å²) in [6, 6.07) is 0. The smallest absolute Gasteiger partial charge is 0.160 e. The molecule has 70 valence electrons. The number of ether oxygens (including phenoxy) is 1. The lowest BCUT2D eigenvalue weighted by atomic mass is 9.97. The molecular formula is C10H18OS. The summed E-state index contributed by atoms with van der Waals surface area (Å²) in [5.41, 5.74) is 0. The van der Waals surface area contributed by atoms with E-state index in [2.05, 4.69) is 20.8 Å². The van der Waals surface area contributed by atoms with Crippen molar-refractivity contribution in [2.45, 2.75) is 46.1 Å². The highest BCUT2D eigenvalue weighted by atomic mass is 32.1. The second-order valence-corrected chi connectivity index (χ2v) is 4.61. The first kappa shape index (κ1) is 9.97. The molecule has 1 fully saturated rings. The standard InChI is InChI=1S/C10H18OS/c1-7(2)9-5-4-8(3)6-10(12)11-9/h7-9H,4-6H2,1-3H3/t8-,9+/m0/s1. The maximum Gasteiger partial charge on any atom is 0.160 e. The van der Waals surface area contributed by atoms with Crippen LogP contribution in [0.2, 0.25) is 0 Å². The Morgan fingerprint density at radius 3 is 2.67 bits per heavy atom. The molecule has 0 aromatic carbocycles. The van der Waals surface area contributed by atoms with E-state index in [9.17, 15) is 0 Å². The van der Waals surface area contributed by atoms with Gasteiger partial charge in [-0.1, -0.05) is 20.8 Å². The van der Waals surface area contributed by atoms with E-state index in [1.165, 1.54) is 12.8 Å². The fraction of sp³-hybridized carbons (Fsp3) is 0.900. The number of hydrogen-bond acceptors (Lipinski definition) is 2. The molecule has 0 aromatic heterocycles. The lowest BCUT2D eigenvalue weighted by Gasteiger charge is -2.19. The van der Waals surface area contributed by atoms with Crippen LogP contribution in [0.4, 0.5) is 0 Å². The normalized spacial score (nSPS) is 31.5. The minimum Gasteiger partial charge on any atom is -0.484 e. The van der Waals surface area contributed by atoms with Crippen LogP contribution in [0.3, 0.4) is 0 Å². The Bertz CT molecular complexity index is 165. The Morgan fingerprint density at radius 2 is 2.08 bits per heavy atom. The predicted molar refractivity (Wildman–Crippen MR) is 55.3 cm³/mol. The second kappa shape index (κ2) is 4.22. The summed E-state index contributed by atoms with van der Waals surface area (Å²) in [5, 5.41) is 0.818. The second-order valence-electron chi connectivity index (χ2n) is 4.16. The van der Waals surface area contributed by atoms with E-state index in [-0.39, 0.29) is 0 Å². The van der Waals surface area contributed by atoms with Gasteiger partial charge in [-0.3, -0.25) is 0 Å². The van der Waals surface area contributed by atoms with Gasteiger partial charge in [0.1, 0.15) is 6.10 Å². The summed E-state index contributed by atoms with van der Waals surface area (Å²) in [7, 11) is 0. The molecule has 12 heavy (non-hydrogen) atoms. The van der Waals surface area contributed by atoms with Crippen LogP contribution >= 0.6 is 12.2 Å². The molecule has 1 nitrogen and oxygen atoms in total. The molecule has 0 saturated carbocycles. The molecule has 2 heteroatoms. The largest absolute Gasteiger partial charge is 0.484 e. The molecule has 0 radical (unpaired) electrons. The third kappa shape index (κ3) is 2.74. The molecule has 1 rings (SSSR count). The highest BCUT2D eigenvalue weighted by Crippen LogP contribution is 2.24. The first-order chi connectivity index (χ1) is 5.59. The quantitative estimate of drug-likeness (QED) is 0.582. The van der Waals surface area contributed by atoms with Crippen molar-refractivity contribution < 1.29 is 4.74 Å². The van der Waals surface area contributed by atoms with E-state index in [4.69, 9.17) is 17.0 Å². The van der Waals surface area contributed by atoms with Gasteiger partial charge in [0.2, 0.25) is 0 Å². The summed E-state index contributed by atoms with van der Waals surface area (Å²) in [5.74, 6) is 1.30. The minimum absolute atomic E-state index is 0.363. The molecule has 0 N–H and O–H groups in total. The Labute approximate surface area is 80.5 Å². The van der Waals surface area contributed by atoms with Crippen LogP contribution in [-0.2, 0) is 4.74 Å². The summed E-state index contributed by atoms with van der Waals surface area (Å²) < 4.78 is 5.67. The molecule has 2 atom stereocenters. The summed E-state index contributed by atoms with van der Waals surface area (Å²) in [6.45, 7) is 6.64. The van der Waals surface area contributed by atoms with E-state index in [0.29, 0.717) is 17.9 Å². The van der Waals surface area contributed by atoms with Gasteiger partial charge in [-0.2, -0.15) is 0 Å². The van der Waals surface area contributed by atoms with E-state index in [0.717, 1.165) is 11.5 Å². The molecule has 0 spiro atoms. The summed E-state index contributed by atoms with van der Waals surface area (Å²) in [6.07, 6.45) is 3.75. The van der Waals surface area contributed by atoms with Crippen LogP contribution in [0, 0.1) is 11.8 Å². The maximum absolute atomic E-state index is 5.67. The van der Waals surface area contributed by atoms with Crippen LogP contribution < -0.4 is 0 Å². The van der Waals surface area contributed by atoms with Crippen LogP contribution in [0.5, 0.6) is 0 Å². The first-order valence-electron chi connectivity index (χ1n) is 4.79. The van der Waals surface area contributed by atoms with Gasteiger partial charge in [0.05, 0.1) is 0 Å². The van der Waals surface area contributed by atoms with Crippen LogP contribution in [0.15, 0.2) is 0 Å². The fourth-order valence-corrected chi connectivity index (χ4v) is 1.99. The average Bonchev–Trinajstić information content (AvgIpc) is 2.11. The topological polar surface area (TPSA) is 9.23 Å². The Morgan fingerprint density at radius 1 is 1.42 bits per heavy atom. The molecule has 0 amide bonds. The van der Waals surface area contributed by atoms with Crippen molar-refractivity contribution in [1.29, 1.82) is 0 Å². The number of thiocarbonyl (C=S) groups is 1. The van der Waals surface area contributed by atoms with Crippen molar-refractivity contribution in [2.24, 2.45) is 11.8 Å². The molecule has 0 aromatic rings. The first-order valence-corrected chi connectivity index (χ1v) is 5.20. The van der Waals surface area contributed by atoms with Crippen molar-refractivity contribution >= 4 is 17.3 Å². The van der Waals surface area contributed by atoms with Crippen molar-refractivity contribution in [2.75, 3.05) is 0 Å².